The molecular weight excluding hydrogens is 367 g/mol. The van der Waals surface area contributed by atoms with Crippen LogP contribution in [-0.2, 0) is 11.2 Å². The molecule has 29 heavy (non-hydrogen) atoms. The normalized spacial score (nSPS) is 18.9. The second kappa shape index (κ2) is 8.17. The predicted octanol–water partition coefficient (Wildman–Crippen LogP) is 3.42. The van der Waals surface area contributed by atoms with E-state index in [2.05, 4.69) is 6.92 Å². The molecule has 2 N–H and O–H groups in total. The van der Waals surface area contributed by atoms with Crippen LogP contribution in [0.2, 0.25) is 0 Å². The van der Waals surface area contributed by atoms with Crippen LogP contribution in [0.5, 0.6) is 0 Å². The largest absolute Gasteiger partial charge is 0.339 e. The molecule has 2 heterocycles. The summed E-state index contributed by atoms with van der Waals surface area (Å²) in [5, 5.41) is 4.71. The number of nitrogens with zero attached hydrogens (tertiary/aromatic N) is 3. The highest BCUT2D eigenvalue weighted by molar-refractivity contribution is 5.82. The van der Waals surface area contributed by atoms with Crippen LogP contribution in [0.3, 0.4) is 0 Å². The molecule has 1 saturated heterocycles. The van der Waals surface area contributed by atoms with Crippen LogP contribution in [0.15, 0.2) is 60.8 Å². The Morgan fingerprint density at radius 2 is 1.90 bits per heavy atom. The van der Waals surface area contributed by atoms with Crippen molar-refractivity contribution < 1.29 is 9.18 Å². The van der Waals surface area contributed by atoms with Gasteiger partial charge in [-0.05, 0) is 62.2 Å². The molecule has 1 aliphatic rings. The number of carbonyl (C=O) groups is 1. The minimum Gasteiger partial charge on any atom is -0.339 e. The molecule has 1 aromatic heterocycles. The van der Waals surface area contributed by atoms with Gasteiger partial charge < -0.3 is 10.6 Å². The number of carbonyl (C=O) groups excluding carboxylic acids is 1. The number of halogens is 1. The lowest BCUT2D eigenvalue weighted by Crippen LogP contribution is -2.35. The van der Waals surface area contributed by atoms with Gasteiger partial charge in [-0.1, -0.05) is 18.2 Å². The molecule has 2 unspecified atom stereocenters. The number of likely N-dealkylation sites (tertiary alicyclic amines) is 1. The zero-order chi connectivity index (χ0) is 20.4. The smallest absolute Gasteiger partial charge is 0.227 e. The van der Waals surface area contributed by atoms with Crippen molar-refractivity contribution in [2.45, 2.75) is 25.8 Å². The second-order valence-electron chi connectivity index (χ2n) is 7.70. The third kappa shape index (κ3) is 4.07. The van der Waals surface area contributed by atoms with Gasteiger partial charge in [0, 0.05) is 29.9 Å². The molecule has 2 aromatic carbocycles. The van der Waals surface area contributed by atoms with Gasteiger partial charge in [-0.3, -0.25) is 4.79 Å². The van der Waals surface area contributed by atoms with E-state index in [9.17, 15) is 9.18 Å². The van der Waals surface area contributed by atoms with Gasteiger partial charge in [0.15, 0.2) is 0 Å². The van der Waals surface area contributed by atoms with E-state index >= 15 is 0 Å². The number of nitrogens with two attached hydrogens (primary N) is 1. The van der Waals surface area contributed by atoms with E-state index in [-0.39, 0.29) is 24.2 Å². The first-order chi connectivity index (χ1) is 14.0. The Bertz CT molecular complexity index is 984. The Kier molecular flexibility index (Phi) is 5.45. The minimum absolute atomic E-state index is 0.0735. The van der Waals surface area contributed by atoms with Gasteiger partial charge >= 0.3 is 0 Å². The Balaban J connectivity index is 1.67. The molecule has 2 atom stereocenters. The van der Waals surface area contributed by atoms with E-state index in [1.54, 1.807) is 16.8 Å². The van der Waals surface area contributed by atoms with Crippen LogP contribution >= 0.6 is 0 Å². The van der Waals surface area contributed by atoms with E-state index in [0.717, 1.165) is 23.2 Å². The van der Waals surface area contributed by atoms with Gasteiger partial charge in [-0.25, -0.2) is 9.07 Å². The Morgan fingerprint density at radius 1 is 1.17 bits per heavy atom. The minimum atomic E-state index is -0.299. The third-order valence-electron chi connectivity index (χ3n) is 5.59. The average molecular weight is 392 g/mol. The summed E-state index contributed by atoms with van der Waals surface area (Å²) in [6, 6.07) is 16.2. The molecule has 0 saturated carbocycles. The predicted molar refractivity (Wildman–Crippen MR) is 111 cm³/mol. The van der Waals surface area contributed by atoms with Crippen LogP contribution in [0.25, 0.3) is 16.9 Å². The van der Waals surface area contributed by atoms with Crippen LogP contribution in [0.1, 0.15) is 18.9 Å². The van der Waals surface area contributed by atoms with Crippen molar-refractivity contribution in [2.24, 2.45) is 11.7 Å². The molecule has 4 rings (SSSR count). The van der Waals surface area contributed by atoms with Crippen molar-refractivity contribution in [3.63, 3.8) is 0 Å². The number of hydrogen-bond donors (Lipinski definition) is 1. The monoisotopic (exact) mass is 392 g/mol. The van der Waals surface area contributed by atoms with Crippen LogP contribution in [-0.4, -0.2) is 39.7 Å². The molecule has 1 aliphatic heterocycles. The maximum absolute atomic E-state index is 13.4. The highest BCUT2D eigenvalue weighted by atomic mass is 19.1. The molecule has 6 heteroatoms. The topological polar surface area (TPSA) is 64.2 Å². The summed E-state index contributed by atoms with van der Waals surface area (Å²) in [7, 11) is 0. The lowest BCUT2D eigenvalue weighted by molar-refractivity contribution is -0.131. The van der Waals surface area contributed by atoms with Crippen molar-refractivity contribution in [1.29, 1.82) is 0 Å². The van der Waals surface area contributed by atoms with Crippen molar-refractivity contribution >= 4 is 5.91 Å². The first-order valence-corrected chi connectivity index (χ1v) is 9.94. The summed E-state index contributed by atoms with van der Waals surface area (Å²) < 4.78 is 15.2. The van der Waals surface area contributed by atoms with Crippen molar-refractivity contribution in [2.75, 3.05) is 13.1 Å². The molecule has 1 amide bonds. The highest BCUT2D eigenvalue weighted by Gasteiger charge is 2.32. The quantitative estimate of drug-likeness (QED) is 0.724. The Hall–Kier alpha value is -2.99. The van der Waals surface area contributed by atoms with Crippen LogP contribution in [0, 0.1) is 11.7 Å². The van der Waals surface area contributed by atoms with E-state index in [0.29, 0.717) is 24.7 Å². The van der Waals surface area contributed by atoms with Crippen molar-refractivity contribution in [1.82, 2.24) is 14.7 Å². The summed E-state index contributed by atoms with van der Waals surface area (Å²) >= 11 is 0. The number of rotatable bonds is 5. The van der Waals surface area contributed by atoms with Gasteiger partial charge in [-0.2, -0.15) is 5.10 Å². The third-order valence-corrected chi connectivity index (χ3v) is 5.59. The summed E-state index contributed by atoms with van der Waals surface area (Å²) in [5.41, 5.74) is 9.03. The molecule has 5 nitrogen and oxygen atoms in total. The summed E-state index contributed by atoms with van der Waals surface area (Å²) in [4.78, 5) is 15.0. The molecule has 0 radical (unpaired) electrons. The molecular formula is C23H25FN4O. The molecule has 0 bridgehead atoms. The van der Waals surface area contributed by atoms with Crippen molar-refractivity contribution in [3.8, 4) is 16.9 Å². The maximum Gasteiger partial charge on any atom is 0.227 e. The van der Waals surface area contributed by atoms with Gasteiger partial charge in [0.1, 0.15) is 5.82 Å². The summed E-state index contributed by atoms with van der Waals surface area (Å²) in [6.07, 6.45) is 3.09. The molecule has 3 aromatic rings. The Morgan fingerprint density at radius 3 is 2.55 bits per heavy atom. The highest BCUT2D eigenvalue weighted by Crippen LogP contribution is 2.27. The number of benzene rings is 2. The first-order valence-electron chi connectivity index (χ1n) is 9.94. The number of amides is 1. The standard InChI is InChI=1S/C23H25FN4O/c1-16-11-17(13-25)14-27(16)22(29)12-19-15-28(21-5-3-2-4-6-21)26-23(19)18-7-9-20(24)10-8-18/h2-10,15-17H,11-14,25H2,1H3. The number of hydrogen-bond acceptors (Lipinski definition) is 3. The first kappa shape index (κ1) is 19.3. The van der Waals surface area contributed by atoms with E-state index in [4.69, 9.17) is 10.8 Å². The number of aromatic nitrogens is 2. The van der Waals surface area contributed by atoms with E-state index in [1.165, 1.54) is 12.1 Å². The van der Waals surface area contributed by atoms with Gasteiger partial charge in [0.2, 0.25) is 5.91 Å². The van der Waals surface area contributed by atoms with Gasteiger partial charge in [0.25, 0.3) is 0 Å². The summed E-state index contributed by atoms with van der Waals surface area (Å²) in [5.74, 6) is 0.134. The fraction of sp³-hybridized carbons (Fsp3) is 0.304. The molecule has 0 aliphatic carbocycles. The van der Waals surface area contributed by atoms with Gasteiger partial charge in [-0.15, -0.1) is 0 Å². The second-order valence-corrected chi connectivity index (χ2v) is 7.70. The SMILES string of the molecule is CC1CC(CN)CN1C(=O)Cc1cn(-c2ccccc2)nc1-c1ccc(F)cc1. The summed E-state index contributed by atoms with van der Waals surface area (Å²) in [6.45, 7) is 3.37. The van der Waals surface area contributed by atoms with Gasteiger partial charge in [0.05, 0.1) is 17.8 Å². The van der Waals surface area contributed by atoms with E-state index < -0.39 is 0 Å². The van der Waals surface area contributed by atoms with Crippen LogP contribution < -0.4 is 5.73 Å². The molecule has 1 fully saturated rings. The fourth-order valence-corrected chi connectivity index (χ4v) is 4.03. The average Bonchev–Trinajstić information content (AvgIpc) is 3.33. The zero-order valence-corrected chi connectivity index (χ0v) is 16.5. The fourth-order valence-electron chi connectivity index (χ4n) is 4.03. The van der Waals surface area contributed by atoms with Crippen molar-refractivity contribution in [3.05, 3.63) is 72.2 Å². The van der Waals surface area contributed by atoms with Crippen LogP contribution in [0.4, 0.5) is 4.39 Å². The maximum atomic E-state index is 13.4. The lowest BCUT2D eigenvalue weighted by Gasteiger charge is -2.21. The Labute approximate surface area is 169 Å². The molecule has 150 valence electrons. The number of para-hydroxylation sites is 1. The molecule has 0 spiro atoms. The zero-order valence-electron chi connectivity index (χ0n) is 16.5. The van der Waals surface area contributed by atoms with E-state index in [1.807, 2.05) is 41.4 Å². The lowest BCUT2D eigenvalue weighted by atomic mass is 10.1.